The summed E-state index contributed by atoms with van der Waals surface area (Å²) in [5.41, 5.74) is 10.7. The number of anilines is 1. The second kappa shape index (κ2) is 5.79. The van der Waals surface area contributed by atoms with Gasteiger partial charge in [-0.15, -0.1) is 5.10 Å². The normalized spacial score (nSPS) is 10.7. The number of rotatable bonds is 4. The first-order chi connectivity index (χ1) is 10.3. The van der Waals surface area contributed by atoms with Crippen LogP contribution in [0.15, 0.2) is 54.7 Å². The highest BCUT2D eigenvalue weighted by Crippen LogP contribution is 2.19. The second-order valence-corrected chi connectivity index (χ2v) is 5.09. The quantitative estimate of drug-likeness (QED) is 0.743. The minimum atomic E-state index is 0.716. The van der Waals surface area contributed by atoms with Gasteiger partial charge in [0.05, 0.1) is 11.9 Å². The van der Waals surface area contributed by atoms with Crippen molar-refractivity contribution in [3.8, 4) is 16.9 Å². The average Bonchev–Trinajstić information content (AvgIpc) is 2.98. The van der Waals surface area contributed by atoms with Gasteiger partial charge < -0.3 is 5.73 Å². The first-order valence-electron chi connectivity index (χ1n) is 7.14. The van der Waals surface area contributed by atoms with Crippen molar-refractivity contribution in [1.82, 2.24) is 15.0 Å². The van der Waals surface area contributed by atoms with Crippen LogP contribution in [-0.4, -0.2) is 15.0 Å². The van der Waals surface area contributed by atoms with Gasteiger partial charge >= 0.3 is 0 Å². The Kier molecular flexibility index (Phi) is 3.69. The van der Waals surface area contributed by atoms with Crippen LogP contribution in [0.25, 0.3) is 16.9 Å². The molecule has 0 saturated heterocycles. The molecule has 0 fully saturated rings. The van der Waals surface area contributed by atoms with Gasteiger partial charge in [-0.1, -0.05) is 48.9 Å². The molecule has 0 unspecified atom stereocenters. The van der Waals surface area contributed by atoms with Crippen LogP contribution < -0.4 is 5.73 Å². The van der Waals surface area contributed by atoms with E-state index in [0.717, 1.165) is 29.8 Å². The highest BCUT2D eigenvalue weighted by Gasteiger charge is 2.05. The van der Waals surface area contributed by atoms with Crippen LogP contribution in [-0.2, 0) is 6.42 Å². The third-order valence-electron chi connectivity index (χ3n) is 3.42. The molecule has 2 N–H and O–H groups in total. The monoisotopic (exact) mass is 278 g/mol. The molecule has 0 radical (unpaired) electrons. The lowest BCUT2D eigenvalue weighted by molar-refractivity contribution is 0.804. The maximum Gasteiger partial charge on any atom is 0.113 e. The highest BCUT2D eigenvalue weighted by atomic mass is 15.4. The number of nitrogens with zero attached hydrogens (tertiary/aromatic N) is 3. The summed E-state index contributed by atoms with van der Waals surface area (Å²) in [6.45, 7) is 2.19. The zero-order valence-corrected chi connectivity index (χ0v) is 12.0. The molecule has 0 aliphatic heterocycles. The Hall–Kier alpha value is -2.62. The van der Waals surface area contributed by atoms with Crippen molar-refractivity contribution in [2.45, 2.75) is 19.8 Å². The summed E-state index contributed by atoms with van der Waals surface area (Å²) in [6, 6.07) is 16.1. The molecule has 4 heteroatoms. The van der Waals surface area contributed by atoms with Gasteiger partial charge in [-0.2, -0.15) is 0 Å². The van der Waals surface area contributed by atoms with Crippen molar-refractivity contribution < 1.29 is 0 Å². The summed E-state index contributed by atoms with van der Waals surface area (Å²) in [6.07, 6.45) is 4.19. The number of nitrogen functional groups attached to an aromatic ring is 1. The highest BCUT2D eigenvalue weighted by molar-refractivity contribution is 5.59. The Bertz CT molecular complexity index is 729. The molecular weight excluding hydrogens is 260 g/mol. The van der Waals surface area contributed by atoms with Crippen molar-refractivity contribution in [2.24, 2.45) is 0 Å². The molecule has 2 aromatic carbocycles. The lowest BCUT2D eigenvalue weighted by atomic mass is 10.1. The van der Waals surface area contributed by atoms with E-state index >= 15 is 0 Å². The van der Waals surface area contributed by atoms with Gasteiger partial charge in [-0.3, -0.25) is 0 Å². The molecule has 0 atom stereocenters. The summed E-state index contributed by atoms with van der Waals surface area (Å²) in [5.74, 6) is 0. The Morgan fingerprint density at radius 1 is 1.10 bits per heavy atom. The molecule has 3 rings (SSSR count). The largest absolute Gasteiger partial charge is 0.399 e. The van der Waals surface area contributed by atoms with Gasteiger partial charge in [0.1, 0.15) is 5.69 Å². The Balaban J connectivity index is 1.87. The number of hydrogen-bond acceptors (Lipinski definition) is 3. The number of benzene rings is 2. The summed E-state index contributed by atoms with van der Waals surface area (Å²) < 4.78 is 1.74. The molecule has 0 aliphatic carbocycles. The minimum absolute atomic E-state index is 0.716. The van der Waals surface area contributed by atoms with Crippen molar-refractivity contribution in [3.05, 3.63) is 60.3 Å². The van der Waals surface area contributed by atoms with Crippen molar-refractivity contribution in [1.29, 1.82) is 0 Å². The number of aromatic nitrogens is 3. The van der Waals surface area contributed by atoms with E-state index < -0.39 is 0 Å². The van der Waals surface area contributed by atoms with Crippen LogP contribution in [0.5, 0.6) is 0 Å². The predicted octanol–water partition coefficient (Wildman–Crippen LogP) is 3.47. The van der Waals surface area contributed by atoms with Crippen LogP contribution in [0.1, 0.15) is 18.9 Å². The fourth-order valence-corrected chi connectivity index (χ4v) is 2.32. The van der Waals surface area contributed by atoms with Gasteiger partial charge in [-0.25, -0.2) is 4.68 Å². The van der Waals surface area contributed by atoms with Crippen molar-refractivity contribution >= 4 is 5.69 Å². The molecule has 4 nitrogen and oxygen atoms in total. The van der Waals surface area contributed by atoms with Gasteiger partial charge in [0.15, 0.2) is 0 Å². The molecule has 1 heterocycles. The van der Waals surface area contributed by atoms with Gasteiger partial charge in [0.2, 0.25) is 0 Å². The maximum absolute atomic E-state index is 5.80. The number of nitrogens with two attached hydrogens (primary N) is 1. The minimum Gasteiger partial charge on any atom is -0.399 e. The summed E-state index contributed by atoms with van der Waals surface area (Å²) in [4.78, 5) is 0. The zero-order chi connectivity index (χ0) is 14.7. The van der Waals surface area contributed by atoms with Crippen LogP contribution >= 0.6 is 0 Å². The van der Waals surface area contributed by atoms with E-state index in [9.17, 15) is 0 Å². The number of aryl methyl sites for hydroxylation is 1. The van der Waals surface area contributed by atoms with Crippen LogP contribution in [0.4, 0.5) is 5.69 Å². The van der Waals surface area contributed by atoms with Crippen LogP contribution in [0.2, 0.25) is 0 Å². The lowest BCUT2D eigenvalue weighted by Gasteiger charge is -2.01. The molecule has 106 valence electrons. The first kappa shape index (κ1) is 13.4. The van der Waals surface area contributed by atoms with E-state index in [1.807, 2.05) is 30.5 Å². The molecule has 3 aromatic rings. The standard InChI is InChI=1S/C17H18N4/c1-2-4-13-7-9-14(10-8-13)17-12-21(20-19-17)16-6-3-5-15(18)11-16/h3,5-12H,2,4,18H2,1H3. The molecular formula is C17H18N4. The van der Waals surface area contributed by atoms with Crippen molar-refractivity contribution in [2.75, 3.05) is 5.73 Å². The van der Waals surface area contributed by atoms with Crippen molar-refractivity contribution in [3.63, 3.8) is 0 Å². The smallest absolute Gasteiger partial charge is 0.113 e. The van der Waals surface area contributed by atoms with E-state index in [0.29, 0.717) is 5.69 Å². The molecule has 0 amide bonds. The molecule has 0 aliphatic rings. The fourth-order valence-electron chi connectivity index (χ4n) is 2.32. The first-order valence-corrected chi connectivity index (χ1v) is 7.14. The molecule has 0 spiro atoms. The average molecular weight is 278 g/mol. The SMILES string of the molecule is CCCc1ccc(-c2cn(-c3cccc(N)c3)nn2)cc1. The Labute approximate surface area is 124 Å². The van der Waals surface area contributed by atoms with E-state index in [1.54, 1.807) is 4.68 Å². The Morgan fingerprint density at radius 2 is 1.90 bits per heavy atom. The topological polar surface area (TPSA) is 56.7 Å². The van der Waals surface area contributed by atoms with E-state index in [1.165, 1.54) is 5.56 Å². The molecule has 0 saturated carbocycles. The predicted molar refractivity (Wildman–Crippen MR) is 85.2 cm³/mol. The summed E-state index contributed by atoms with van der Waals surface area (Å²) in [7, 11) is 0. The summed E-state index contributed by atoms with van der Waals surface area (Å²) in [5, 5.41) is 8.41. The van der Waals surface area contributed by atoms with Gasteiger partial charge in [0, 0.05) is 11.3 Å². The van der Waals surface area contributed by atoms with Crippen LogP contribution in [0, 0.1) is 0 Å². The fraction of sp³-hybridized carbons (Fsp3) is 0.176. The summed E-state index contributed by atoms with van der Waals surface area (Å²) >= 11 is 0. The van der Waals surface area contributed by atoms with Crippen LogP contribution in [0.3, 0.4) is 0 Å². The van der Waals surface area contributed by atoms with Gasteiger partial charge in [-0.05, 0) is 30.2 Å². The Morgan fingerprint density at radius 3 is 2.62 bits per heavy atom. The zero-order valence-electron chi connectivity index (χ0n) is 12.0. The van der Waals surface area contributed by atoms with E-state index in [-0.39, 0.29) is 0 Å². The third-order valence-corrected chi connectivity index (χ3v) is 3.42. The maximum atomic E-state index is 5.80. The second-order valence-electron chi connectivity index (χ2n) is 5.09. The molecule has 0 bridgehead atoms. The molecule has 1 aromatic heterocycles. The van der Waals surface area contributed by atoms with Gasteiger partial charge in [0.25, 0.3) is 0 Å². The number of hydrogen-bond donors (Lipinski definition) is 1. The third kappa shape index (κ3) is 2.94. The lowest BCUT2D eigenvalue weighted by Crippen LogP contribution is -1.95. The van der Waals surface area contributed by atoms with E-state index in [2.05, 4.69) is 41.5 Å². The van der Waals surface area contributed by atoms with E-state index in [4.69, 9.17) is 5.73 Å². The molecule has 21 heavy (non-hydrogen) atoms.